The van der Waals surface area contributed by atoms with Crippen molar-refractivity contribution in [3.63, 3.8) is 0 Å². The zero-order valence-corrected chi connectivity index (χ0v) is 14.5. The fraction of sp³-hybridized carbons (Fsp3) is 0.833. The van der Waals surface area contributed by atoms with E-state index in [1.807, 2.05) is 0 Å². The number of aliphatic hydroxyl groups is 2. The minimum atomic E-state index is -1.76. The van der Waals surface area contributed by atoms with E-state index in [1.54, 1.807) is 0 Å². The van der Waals surface area contributed by atoms with Crippen LogP contribution in [0.4, 0.5) is 0 Å². The van der Waals surface area contributed by atoms with Gasteiger partial charge in [0.15, 0.2) is 0 Å². The van der Waals surface area contributed by atoms with Gasteiger partial charge in [-0.05, 0) is 11.5 Å². The molecular formula is C12H21CaNO6. The van der Waals surface area contributed by atoms with Crippen LogP contribution in [0.25, 0.3) is 0 Å². The minimum absolute atomic E-state index is 0. The van der Waals surface area contributed by atoms with Crippen LogP contribution in [0, 0.1) is 10.8 Å². The van der Waals surface area contributed by atoms with Crippen LogP contribution in [-0.2, 0) is 9.59 Å². The van der Waals surface area contributed by atoms with Crippen LogP contribution < -0.4 is 15.5 Å². The summed E-state index contributed by atoms with van der Waals surface area (Å²) in [6.07, 6.45) is -3.45. The van der Waals surface area contributed by atoms with Crippen LogP contribution in [0.1, 0.15) is 27.7 Å². The Bertz CT molecular complexity index is 345. The molecule has 0 fully saturated rings. The first-order chi connectivity index (χ1) is 8.45. The van der Waals surface area contributed by atoms with E-state index in [2.05, 4.69) is 5.32 Å². The molecule has 0 heterocycles. The van der Waals surface area contributed by atoms with Gasteiger partial charge in [-0.25, -0.2) is 0 Å². The third-order valence-corrected chi connectivity index (χ3v) is 3.04. The molecule has 2 atom stereocenters. The second-order valence-electron chi connectivity index (χ2n) is 5.95. The molecule has 0 rings (SSSR count). The number of carboxylic acids is 1. The van der Waals surface area contributed by atoms with E-state index in [0.29, 0.717) is 0 Å². The maximum absolute atomic E-state index is 11.7. The molecule has 0 saturated heterocycles. The third kappa shape index (κ3) is 6.24. The van der Waals surface area contributed by atoms with Crippen LogP contribution >= 0.6 is 0 Å². The first-order valence-corrected chi connectivity index (χ1v) is 5.89. The summed E-state index contributed by atoms with van der Waals surface area (Å²) in [6.45, 7) is 5.10. The number of carboxylic acid groups (broad SMARTS) is 1. The summed E-state index contributed by atoms with van der Waals surface area (Å²) in [7, 11) is 0. The van der Waals surface area contributed by atoms with E-state index in [1.165, 1.54) is 27.7 Å². The van der Waals surface area contributed by atoms with Crippen molar-refractivity contribution >= 4 is 49.6 Å². The summed E-state index contributed by atoms with van der Waals surface area (Å²) in [4.78, 5) is 22.2. The van der Waals surface area contributed by atoms with Gasteiger partial charge in [0.2, 0.25) is 5.91 Å². The summed E-state index contributed by atoms with van der Waals surface area (Å²) in [5, 5.41) is 43.0. The second kappa shape index (κ2) is 8.50. The third-order valence-electron chi connectivity index (χ3n) is 3.04. The Morgan fingerprint density at radius 1 is 1.20 bits per heavy atom. The van der Waals surface area contributed by atoms with E-state index in [0.717, 1.165) is 0 Å². The molecule has 112 valence electrons. The number of hydrogen-bond donors (Lipinski definition) is 3. The van der Waals surface area contributed by atoms with Crippen molar-refractivity contribution in [3.05, 3.63) is 0 Å². The van der Waals surface area contributed by atoms with Gasteiger partial charge >= 0.3 is 37.7 Å². The molecule has 0 bridgehead atoms. The number of amides is 1. The molecule has 7 nitrogen and oxygen atoms in total. The molecular weight excluding hydrogens is 294 g/mol. The predicted molar refractivity (Wildman–Crippen MR) is 68.2 cm³/mol. The molecule has 0 aromatic carbocycles. The molecule has 0 aliphatic rings. The number of carbonyl (C=O) groups is 2. The fourth-order valence-corrected chi connectivity index (χ4v) is 1.26. The van der Waals surface area contributed by atoms with Crippen molar-refractivity contribution in [2.75, 3.05) is 13.2 Å². The Morgan fingerprint density at radius 3 is 2.00 bits per heavy atom. The Kier molecular flexibility index (Phi) is 9.51. The Hall–Kier alpha value is 0.0797. The topological polar surface area (TPSA) is 133 Å². The quantitative estimate of drug-likeness (QED) is 0.420. The van der Waals surface area contributed by atoms with E-state index in [9.17, 15) is 24.9 Å². The predicted octanol–water partition coefficient (Wildman–Crippen LogP) is -3.39. The molecule has 0 saturated carbocycles. The van der Waals surface area contributed by atoms with Crippen LogP contribution in [0.3, 0.4) is 0 Å². The van der Waals surface area contributed by atoms with Gasteiger partial charge in [-0.1, -0.05) is 27.7 Å². The molecule has 0 radical (unpaired) electrons. The molecule has 2 unspecified atom stereocenters. The Labute approximate surface area is 148 Å². The van der Waals surface area contributed by atoms with Crippen LogP contribution in [-0.4, -0.2) is 85.2 Å². The monoisotopic (exact) mass is 315 g/mol. The first-order valence-electron chi connectivity index (χ1n) is 5.89. The largest absolute Gasteiger partial charge is 2.00 e. The van der Waals surface area contributed by atoms with Crippen molar-refractivity contribution < 1.29 is 30.0 Å². The second-order valence-corrected chi connectivity index (χ2v) is 5.95. The van der Waals surface area contributed by atoms with E-state index >= 15 is 0 Å². The first kappa shape index (κ1) is 22.4. The van der Waals surface area contributed by atoms with Crippen molar-refractivity contribution in [2.24, 2.45) is 10.8 Å². The molecule has 0 spiro atoms. The molecule has 20 heavy (non-hydrogen) atoms. The molecule has 1 amide bonds. The van der Waals surface area contributed by atoms with Gasteiger partial charge in [-0.3, -0.25) is 4.79 Å². The van der Waals surface area contributed by atoms with Crippen LogP contribution in [0.15, 0.2) is 0 Å². The van der Waals surface area contributed by atoms with Gasteiger partial charge in [-0.2, -0.15) is 0 Å². The molecule has 3 N–H and O–H groups in total. The average Bonchev–Trinajstić information content (AvgIpc) is 2.33. The minimum Gasteiger partial charge on any atom is -0.845 e. The van der Waals surface area contributed by atoms with Crippen LogP contribution in [0.2, 0.25) is 0 Å². The van der Waals surface area contributed by atoms with Crippen molar-refractivity contribution in [2.45, 2.75) is 39.9 Å². The molecule has 0 aromatic rings. The summed E-state index contributed by atoms with van der Waals surface area (Å²) in [5.74, 6) is -2.49. The Balaban J connectivity index is 0. The summed E-state index contributed by atoms with van der Waals surface area (Å²) in [6, 6.07) is 0. The fourth-order valence-electron chi connectivity index (χ4n) is 1.26. The van der Waals surface area contributed by atoms with Crippen LogP contribution in [0.5, 0.6) is 0 Å². The van der Waals surface area contributed by atoms with Crippen molar-refractivity contribution in [1.82, 2.24) is 5.32 Å². The van der Waals surface area contributed by atoms with Gasteiger partial charge in [0.25, 0.3) is 0 Å². The molecule has 8 heteroatoms. The van der Waals surface area contributed by atoms with E-state index in [4.69, 9.17) is 5.11 Å². The standard InChI is InChI=1S/C12H22NO6.Ca/c1-11(2,8(16)10(18)19)5-13-9(17)7(15)12(3,4)6-14;/h7-8,14,16H,5-6H2,1-4H3,(H,13,17)(H,18,19);/q-1;+2/p-1. The average molecular weight is 315 g/mol. The summed E-state index contributed by atoms with van der Waals surface area (Å²) >= 11 is 0. The molecule has 0 aliphatic carbocycles. The van der Waals surface area contributed by atoms with Gasteiger partial charge in [0.05, 0.1) is 5.97 Å². The number of rotatable bonds is 7. The summed E-state index contributed by atoms with van der Waals surface area (Å²) in [5.41, 5.74) is -2.29. The SMILES string of the molecule is CC(C)(CO)C([O-])C(=O)NCC(C)(C)C(O)C(=O)[O-].[Ca+2]. The van der Waals surface area contributed by atoms with Gasteiger partial charge < -0.3 is 30.5 Å². The van der Waals surface area contributed by atoms with Gasteiger partial charge in [-0.15, -0.1) is 0 Å². The molecule has 0 aliphatic heterocycles. The number of nitrogens with one attached hydrogen (secondary N) is 1. The molecule has 0 aromatic heterocycles. The van der Waals surface area contributed by atoms with E-state index < -0.39 is 41.5 Å². The van der Waals surface area contributed by atoms with Gasteiger partial charge in [0.1, 0.15) is 6.10 Å². The normalized spacial score (nSPS) is 14.9. The Morgan fingerprint density at radius 2 is 1.65 bits per heavy atom. The maximum Gasteiger partial charge on any atom is 2.00 e. The number of hydrogen-bond acceptors (Lipinski definition) is 6. The van der Waals surface area contributed by atoms with Crippen molar-refractivity contribution in [1.29, 1.82) is 0 Å². The summed E-state index contributed by atoms with van der Waals surface area (Å²) < 4.78 is 0. The maximum atomic E-state index is 11.7. The smallest absolute Gasteiger partial charge is 0.845 e. The zero-order valence-electron chi connectivity index (χ0n) is 12.3. The number of carbonyl (C=O) groups excluding carboxylic acids is 2. The number of aliphatic hydroxyl groups excluding tert-OH is 2. The number of aliphatic carboxylic acids is 1. The zero-order chi connectivity index (χ0) is 15.4. The van der Waals surface area contributed by atoms with E-state index in [-0.39, 0.29) is 44.3 Å². The van der Waals surface area contributed by atoms with Crippen molar-refractivity contribution in [3.8, 4) is 0 Å². The van der Waals surface area contributed by atoms with Gasteiger partial charge in [0, 0.05) is 18.6 Å².